The van der Waals surface area contributed by atoms with Gasteiger partial charge in [0.1, 0.15) is 11.6 Å². The van der Waals surface area contributed by atoms with Crippen molar-refractivity contribution in [2.45, 2.75) is 33.4 Å². The van der Waals surface area contributed by atoms with Crippen molar-refractivity contribution in [2.75, 3.05) is 13.1 Å². The number of nitrogens with zero attached hydrogens (tertiary/aromatic N) is 4. The van der Waals surface area contributed by atoms with Gasteiger partial charge in [-0.2, -0.15) is 0 Å². The van der Waals surface area contributed by atoms with Gasteiger partial charge in [-0.15, -0.1) is 10.2 Å². The number of fused-ring (bicyclic) bond motifs is 1. The number of allylic oxidation sites excluding steroid dienone is 1. The summed E-state index contributed by atoms with van der Waals surface area (Å²) >= 11 is 0. The number of nitrogens with one attached hydrogen (secondary N) is 1. The molecule has 0 saturated carbocycles. The lowest BCUT2D eigenvalue weighted by Crippen LogP contribution is -2.32. The van der Waals surface area contributed by atoms with E-state index in [0.29, 0.717) is 37.8 Å². The number of aromatic nitrogens is 3. The van der Waals surface area contributed by atoms with E-state index >= 15 is 0 Å². The Hall–Kier alpha value is -3.03. The van der Waals surface area contributed by atoms with Gasteiger partial charge in [0.05, 0.1) is 6.54 Å². The van der Waals surface area contributed by atoms with Crippen molar-refractivity contribution >= 4 is 11.8 Å². The third-order valence-corrected chi connectivity index (χ3v) is 4.53. The quantitative estimate of drug-likeness (QED) is 0.798. The van der Waals surface area contributed by atoms with Crippen molar-refractivity contribution in [2.24, 2.45) is 5.92 Å². The van der Waals surface area contributed by atoms with Gasteiger partial charge < -0.3 is 14.8 Å². The van der Waals surface area contributed by atoms with Gasteiger partial charge in [-0.3, -0.25) is 9.59 Å². The van der Waals surface area contributed by atoms with Gasteiger partial charge in [-0.1, -0.05) is 26.0 Å². The zero-order chi connectivity index (χ0) is 20.1. The minimum atomic E-state index is -0.458. The number of rotatable bonds is 5. The van der Waals surface area contributed by atoms with Gasteiger partial charge in [0.15, 0.2) is 5.82 Å². The van der Waals surface area contributed by atoms with Gasteiger partial charge >= 0.3 is 0 Å². The van der Waals surface area contributed by atoms with Crippen LogP contribution in [0.3, 0.4) is 0 Å². The Labute approximate surface area is 163 Å². The summed E-state index contributed by atoms with van der Waals surface area (Å²) in [4.78, 5) is 26.3. The molecule has 7 nitrogen and oxygen atoms in total. The summed E-state index contributed by atoms with van der Waals surface area (Å²) in [7, 11) is 0. The third-order valence-electron chi connectivity index (χ3n) is 4.53. The lowest BCUT2D eigenvalue weighted by molar-refractivity contribution is -0.126. The lowest BCUT2D eigenvalue weighted by Gasteiger charge is -2.18. The molecule has 1 aliphatic heterocycles. The molecule has 8 heteroatoms. The largest absolute Gasteiger partial charge is 0.345 e. The van der Waals surface area contributed by atoms with Gasteiger partial charge in [0.2, 0.25) is 5.91 Å². The Morgan fingerprint density at radius 3 is 2.82 bits per heavy atom. The summed E-state index contributed by atoms with van der Waals surface area (Å²) in [6.07, 6.45) is 4.11. The molecule has 1 aliphatic rings. The first-order chi connectivity index (χ1) is 13.4. The monoisotopic (exact) mass is 385 g/mol. The van der Waals surface area contributed by atoms with Crippen molar-refractivity contribution < 1.29 is 14.0 Å². The Kier molecular flexibility index (Phi) is 6.18. The predicted molar refractivity (Wildman–Crippen MR) is 102 cm³/mol. The second-order valence-corrected chi connectivity index (χ2v) is 7.06. The highest BCUT2D eigenvalue weighted by atomic mass is 19.1. The van der Waals surface area contributed by atoms with Crippen LogP contribution in [0.5, 0.6) is 0 Å². The number of hydrogen-bond acceptors (Lipinski definition) is 4. The zero-order valence-corrected chi connectivity index (χ0v) is 16.1. The topological polar surface area (TPSA) is 80.1 Å². The van der Waals surface area contributed by atoms with Crippen molar-refractivity contribution in [1.29, 1.82) is 0 Å². The normalized spacial score (nSPS) is 14.2. The summed E-state index contributed by atoms with van der Waals surface area (Å²) in [6, 6.07) is 5.52. The molecule has 0 aliphatic carbocycles. The first kappa shape index (κ1) is 19.7. The molecule has 0 fully saturated rings. The van der Waals surface area contributed by atoms with Gasteiger partial charge in [-0.05, 0) is 30.2 Å². The fourth-order valence-corrected chi connectivity index (χ4v) is 3.01. The van der Waals surface area contributed by atoms with E-state index in [1.54, 1.807) is 17.0 Å². The molecule has 2 amide bonds. The molecule has 28 heavy (non-hydrogen) atoms. The first-order valence-corrected chi connectivity index (χ1v) is 9.36. The van der Waals surface area contributed by atoms with Crippen LogP contribution in [0, 0.1) is 11.7 Å². The molecule has 0 radical (unpaired) electrons. The Morgan fingerprint density at radius 1 is 1.25 bits per heavy atom. The van der Waals surface area contributed by atoms with Gasteiger partial charge in [0.25, 0.3) is 5.91 Å². The maximum Gasteiger partial charge on any atom is 0.251 e. The Balaban J connectivity index is 1.62. The number of carbonyl (C=O) groups excluding carboxylic acids is 2. The first-order valence-electron chi connectivity index (χ1n) is 9.36. The minimum absolute atomic E-state index is 0.00614. The van der Waals surface area contributed by atoms with Crippen LogP contribution in [0.1, 0.15) is 35.9 Å². The SMILES string of the molecule is CC(C)C=CC(=O)N1CCc2nnc(CNC(=O)c3cccc(F)c3)n2CC1. The summed E-state index contributed by atoms with van der Waals surface area (Å²) < 4.78 is 15.2. The predicted octanol–water partition coefficient (Wildman–Crippen LogP) is 1.94. The molecular weight excluding hydrogens is 361 g/mol. The zero-order valence-electron chi connectivity index (χ0n) is 16.1. The van der Waals surface area contributed by atoms with Crippen LogP contribution in [0.15, 0.2) is 36.4 Å². The molecule has 0 unspecified atom stereocenters. The molecule has 1 N–H and O–H groups in total. The van der Waals surface area contributed by atoms with E-state index in [1.807, 2.05) is 24.5 Å². The van der Waals surface area contributed by atoms with Crippen molar-refractivity contribution in [1.82, 2.24) is 25.0 Å². The van der Waals surface area contributed by atoms with Crippen molar-refractivity contribution in [3.63, 3.8) is 0 Å². The molecule has 148 valence electrons. The Bertz CT molecular complexity index is 890. The van der Waals surface area contributed by atoms with Crippen LogP contribution < -0.4 is 5.32 Å². The van der Waals surface area contributed by atoms with E-state index in [9.17, 15) is 14.0 Å². The van der Waals surface area contributed by atoms with Crippen LogP contribution in [-0.4, -0.2) is 44.6 Å². The summed E-state index contributed by atoms with van der Waals surface area (Å²) in [6.45, 7) is 5.93. The summed E-state index contributed by atoms with van der Waals surface area (Å²) in [5, 5.41) is 11.1. The second-order valence-electron chi connectivity index (χ2n) is 7.06. The van der Waals surface area contributed by atoms with Crippen LogP contribution in [-0.2, 0) is 24.3 Å². The van der Waals surface area contributed by atoms with Gasteiger partial charge in [0, 0.05) is 31.6 Å². The van der Waals surface area contributed by atoms with E-state index in [-0.39, 0.29) is 23.9 Å². The van der Waals surface area contributed by atoms with Crippen LogP contribution >= 0.6 is 0 Å². The van der Waals surface area contributed by atoms with E-state index < -0.39 is 5.82 Å². The molecule has 1 aromatic carbocycles. The average Bonchev–Trinajstić information content (AvgIpc) is 2.93. The van der Waals surface area contributed by atoms with E-state index in [0.717, 1.165) is 5.82 Å². The summed E-state index contributed by atoms with van der Waals surface area (Å²) in [5.74, 6) is 0.892. The van der Waals surface area contributed by atoms with Crippen molar-refractivity contribution in [3.8, 4) is 0 Å². The minimum Gasteiger partial charge on any atom is -0.345 e. The molecule has 1 aromatic heterocycles. The van der Waals surface area contributed by atoms with Crippen LogP contribution in [0.2, 0.25) is 0 Å². The Morgan fingerprint density at radius 2 is 2.07 bits per heavy atom. The highest BCUT2D eigenvalue weighted by Crippen LogP contribution is 2.11. The van der Waals surface area contributed by atoms with Crippen molar-refractivity contribution in [3.05, 3.63) is 59.4 Å². The standard InChI is InChI=1S/C20H24FN5O2/c1-14(2)6-7-19(27)25-9-8-17-23-24-18(26(17)11-10-25)13-22-20(28)15-4-3-5-16(21)12-15/h3-7,12,14H,8-11,13H2,1-2H3,(H,22,28). The number of benzene rings is 1. The number of carbonyl (C=O) groups is 2. The maximum atomic E-state index is 13.3. The van der Waals surface area contributed by atoms with Gasteiger partial charge in [-0.25, -0.2) is 4.39 Å². The highest BCUT2D eigenvalue weighted by Gasteiger charge is 2.21. The fourth-order valence-electron chi connectivity index (χ4n) is 3.01. The molecule has 0 bridgehead atoms. The average molecular weight is 385 g/mol. The molecule has 3 rings (SSSR count). The molecule has 0 spiro atoms. The maximum absolute atomic E-state index is 13.3. The number of amides is 2. The lowest BCUT2D eigenvalue weighted by atomic mass is 10.2. The second kappa shape index (κ2) is 8.77. The number of halogens is 1. The van der Waals surface area contributed by atoms with E-state index in [1.165, 1.54) is 18.2 Å². The highest BCUT2D eigenvalue weighted by molar-refractivity contribution is 5.94. The molecule has 0 atom stereocenters. The van der Waals surface area contributed by atoms with Crippen LogP contribution in [0.4, 0.5) is 4.39 Å². The van der Waals surface area contributed by atoms with E-state index in [2.05, 4.69) is 15.5 Å². The van der Waals surface area contributed by atoms with E-state index in [4.69, 9.17) is 0 Å². The molecule has 2 heterocycles. The van der Waals surface area contributed by atoms with Crippen LogP contribution in [0.25, 0.3) is 0 Å². The molecule has 2 aromatic rings. The molecular formula is C20H24FN5O2. The fraction of sp³-hybridized carbons (Fsp3) is 0.400. The summed E-state index contributed by atoms with van der Waals surface area (Å²) in [5.41, 5.74) is 0.254. The smallest absolute Gasteiger partial charge is 0.251 e. The molecule has 0 saturated heterocycles. The number of hydrogen-bond donors (Lipinski definition) is 1. The third kappa shape index (κ3) is 4.82.